The van der Waals surface area contributed by atoms with Crippen molar-refractivity contribution in [2.24, 2.45) is 5.73 Å². The Balaban J connectivity index is 2.43. The second kappa shape index (κ2) is 6.36. The van der Waals surface area contributed by atoms with Crippen molar-refractivity contribution in [1.29, 1.82) is 0 Å². The number of halogens is 1. The zero-order valence-electron chi connectivity index (χ0n) is 11.6. The van der Waals surface area contributed by atoms with Crippen molar-refractivity contribution in [3.63, 3.8) is 0 Å². The summed E-state index contributed by atoms with van der Waals surface area (Å²) >= 11 is 0. The van der Waals surface area contributed by atoms with Gasteiger partial charge in [0.15, 0.2) is 11.6 Å². The van der Waals surface area contributed by atoms with Crippen molar-refractivity contribution in [2.45, 2.75) is 13.1 Å². The Kier molecular flexibility index (Phi) is 4.54. The highest BCUT2D eigenvalue weighted by Gasteiger charge is 2.11. The van der Waals surface area contributed by atoms with Gasteiger partial charge in [0.2, 0.25) is 0 Å². The summed E-state index contributed by atoms with van der Waals surface area (Å²) < 4.78 is 21.3. The third kappa shape index (κ3) is 3.03. The molecule has 0 spiro atoms. The molecule has 7 heteroatoms. The molecule has 0 bridgehead atoms. The van der Waals surface area contributed by atoms with E-state index in [0.717, 1.165) is 4.57 Å². The van der Waals surface area contributed by atoms with E-state index < -0.39 is 17.1 Å². The summed E-state index contributed by atoms with van der Waals surface area (Å²) in [5.41, 5.74) is 4.74. The first-order chi connectivity index (χ1) is 10.1. The van der Waals surface area contributed by atoms with Crippen LogP contribution in [0.3, 0.4) is 0 Å². The summed E-state index contributed by atoms with van der Waals surface area (Å²) in [6, 6.07) is 5.95. The lowest BCUT2D eigenvalue weighted by Gasteiger charge is -2.11. The van der Waals surface area contributed by atoms with Crippen molar-refractivity contribution in [1.82, 2.24) is 9.13 Å². The first kappa shape index (κ1) is 15.0. The van der Waals surface area contributed by atoms with Crippen molar-refractivity contribution >= 4 is 0 Å². The minimum Gasteiger partial charge on any atom is -0.494 e. The van der Waals surface area contributed by atoms with Gasteiger partial charge in [0.25, 0.3) is 5.56 Å². The fraction of sp³-hybridized carbons (Fsp3) is 0.286. The van der Waals surface area contributed by atoms with Crippen LogP contribution in [-0.2, 0) is 13.1 Å². The Morgan fingerprint density at radius 1 is 1.29 bits per heavy atom. The molecule has 0 aliphatic heterocycles. The maximum Gasteiger partial charge on any atom is 0.331 e. The van der Waals surface area contributed by atoms with E-state index in [1.54, 1.807) is 12.1 Å². The Labute approximate surface area is 120 Å². The second-order valence-corrected chi connectivity index (χ2v) is 4.44. The van der Waals surface area contributed by atoms with Crippen molar-refractivity contribution in [3.05, 3.63) is 62.7 Å². The zero-order chi connectivity index (χ0) is 15.4. The fourth-order valence-electron chi connectivity index (χ4n) is 2.03. The van der Waals surface area contributed by atoms with Gasteiger partial charge in [0.1, 0.15) is 0 Å². The molecular weight excluding hydrogens is 277 g/mol. The monoisotopic (exact) mass is 293 g/mol. The van der Waals surface area contributed by atoms with E-state index in [4.69, 9.17) is 10.5 Å². The molecule has 112 valence electrons. The van der Waals surface area contributed by atoms with Gasteiger partial charge < -0.3 is 10.5 Å². The summed E-state index contributed by atoms with van der Waals surface area (Å²) in [6.45, 7) is 0.304. The molecule has 0 unspecified atom stereocenters. The van der Waals surface area contributed by atoms with Crippen LogP contribution in [0.1, 0.15) is 5.56 Å². The molecule has 0 saturated heterocycles. The smallest absolute Gasteiger partial charge is 0.331 e. The number of nitrogens with zero attached hydrogens (tertiary/aromatic N) is 2. The van der Waals surface area contributed by atoms with Gasteiger partial charge in [0.05, 0.1) is 13.7 Å². The maximum atomic E-state index is 14.1. The van der Waals surface area contributed by atoms with Crippen LogP contribution >= 0.6 is 0 Å². The molecule has 2 aromatic rings. The first-order valence-corrected chi connectivity index (χ1v) is 6.40. The zero-order valence-corrected chi connectivity index (χ0v) is 11.6. The molecule has 6 nitrogen and oxygen atoms in total. The summed E-state index contributed by atoms with van der Waals surface area (Å²) in [5, 5.41) is 0. The first-order valence-electron chi connectivity index (χ1n) is 6.40. The van der Waals surface area contributed by atoms with E-state index >= 15 is 0 Å². The van der Waals surface area contributed by atoms with Crippen molar-refractivity contribution in [3.8, 4) is 5.75 Å². The van der Waals surface area contributed by atoms with Crippen LogP contribution in [0.5, 0.6) is 5.75 Å². The van der Waals surface area contributed by atoms with E-state index in [-0.39, 0.29) is 25.4 Å². The van der Waals surface area contributed by atoms with Crippen LogP contribution in [0.2, 0.25) is 0 Å². The number of ether oxygens (including phenoxy) is 1. The quantitative estimate of drug-likeness (QED) is 0.852. The van der Waals surface area contributed by atoms with Gasteiger partial charge in [-0.15, -0.1) is 0 Å². The van der Waals surface area contributed by atoms with Crippen LogP contribution in [-0.4, -0.2) is 22.8 Å². The molecule has 1 heterocycles. The second-order valence-electron chi connectivity index (χ2n) is 4.44. The minimum atomic E-state index is -0.525. The van der Waals surface area contributed by atoms with E-state index in [9.17, 15) is 14.0 Å². The third-order valence-electron chi connectivity index (χ3n) is 3.10. The van der Waals surface area contributed by atoms with Gasteiger partial charge in [-0.05, 0) is 6.07 Å². The minimum absolute atomic E-state index is 0.00666. The number of nitrogens with two attached hydrogens (primary N) is 1. The highest BCUT2D eigenvalue weighted by atomic mass is 19.1. The lowest BCUT2D eigenvalue weighted by atomic mass is 10.2. The van der Waals surface area contributed by atoms with Crippen LogP contribution in [0.4, 0.5) is 4.39 Å². The molecule has 0 aliphatic rings. The Morgan fingerprint density at radius 2 is 2.05 bits per heavy atom. The largest absolute Gasteiger partial charge is 0.494 e. The average molecular weight is 293 g/mol. The molecule has 0 amide bonds. The van der Waals surface area contributed by atoms with Gasteiger partial charge in [-0.1, -0.05) is 12.1 Å². The summed E-state index contributed by atoms with van der Waals surface area (Å²) in [4.78, 5) is 23.8. The number of hydrogen-bond donors (Lipinski definition) is 1. The molecule has 21 heavy (non-hydrogen) atoms. The third-order valence-corrected chi connectivity index (χ3v) is 3.10. The molecule has 2 rings (SSSR count). The van der Waals surface area contributed by atoms with Gasteiger partial charge in [-0.3, -0.25) is 13.9 Å². The molecule has 1 aromatic carbocycles. The number of hydrogen-bond acceptors (Lipinski definition) is 4. The van der Waals surface area contributed by atoms with Crippen LogP contribution in [0, 0.1) is 5.82 Å². The Morgan fingerprint density at radius 3 is 2.71 bits per heavy atom. The van der Waals surface area contributed by atoms with Gasteiger partial charge in [0, 0.05) is 30.9 Å². The van der Waals surface area contributed by atoms with E-state index in [2.05, 4.69) is 0 Å². The van der Waals surface area contributed by atoms with Gasteiger partial charge >= 0.3 is 5.69 Å². The normalized spacial score (nSPS) is 10.6. The van der Waals surface area contributed by atoms with Crippen LogP contribution in [0.25, 0.3) is 0 Å². The van der Waals surface area contributed by atoms with Crippen LogP contribution < -0.4 is 21.7 Å². The molecule has 0 aliphatic carbocycles. The fourth-order valence-corrected chi connectivity index (χ4v) is 2.03. The van der Waals surface area contributed by atoms with E-state index in [0.29, 0.717) is 5.56 Å². The number of methoxy groups -OCH3 is 1. The predicted molar refractivity (Wildman–Crippen MR) is 76.1 cm³/mol. The summed E-state index contributed by atoms with van der Waals surface area (Å²) in [6.07, 6.45) is 1.34. The topological polar surface area (TPSA) is 79.2 Å². The van der Waals surface area contributed by atoms with Crippen molar-refractivity contribution in [2.75, 3.05) is 13.7 Å². The summed E-state index contributed by atoms with van der Waals surface area (Å²) in [5.74, 6) is -0.417. The maximum absolute atomic E-state index is 14.1. The molecule has 0 atom stereocenters. The van der Waals surface area contributed by atoms with E-state index in [1.165, 1.54) is 30.0 Å². The Hall–Kier alpha value is -2.41. The predicted octanol–water partition coefficient (Wildman–Crippen LogP) is 0.165. The van der Waals surface area contributed by atoms with Gasteiger partial charge in [-0.2, -0.15) is 0 Å². The SMILES string of the molecule is COc1cccc(Cn2ccc(=O)n(CCN)c2=O)c1F. The average Bonchev–Trinajstić information content (AvgIpc) is 2.48. The number of rotatable bonds is 5. The number of aromatic nitrogens is 2. The highest BCUT2D eigenvalue weighted by molar-refractivity contribution is 5.31. The molecule has 1 aromatic heterocycles. The lowest BCUT2D eigenvalue weighted by molar-refractivity contribution is 0.383. The molecular formula is C14H16FN3O3. The molecule has 0 fully saturated rings. The number of benzene rings is 1. The molecule has 0 radical (unpaired) electrons. The Bertz CT molecular complexity index is 752. The summed E-state index contributed by atoms with van der Waals surface area (Å²) in [7, 11) is 1.37. The molecule has 0 saturated carbocycles. The highest BCUT2D eigenvalue weighted by Crippen LogP contribution is 2.20. The van der Waals surface area contributed by atoms with Crippen molar-refractivity contribution < 1.29 is 9.13 Å². The lowest BCUT2D eigenvalue weighted by Crippen LogP contribution is -2.40. The molecule has 2 N–H and O–H groups in total. The van der Waals surface area contributed by atoms with E-state index in [1.807, 2.05) is 0 Å². The van der Waals surface area contributed by atoms with Crippen LogP contribution in [0.15, 0.2) is 40.1 Å². The van der Waals surface area contributed by atoms with Gasteiger partial charge in [-0.25, -0.2) is 9.18 Å². The standard InChI is InChI=1S/C14H16FN3O3/c1-21-11-4-2-3-10(13(11)15)9-17-7-5-12(19)18(8-6-16)14(17)20/h2-5,7H,6,8-9,16H2,1H3.